The predicted octanol–water partition coefficient (Wildman–Crippen LogP) is 4.16. The molecule has 0 unspecified atom stereocenters. The van der Waals surface area contributed by atoms with Crippen LogP contribution < -0.4 is 10.1 Å². The highest BCUT2D eigenvalue weighted by molar-refractivity contribution is 7.15. The van der Waals surface area contributed by atoms with E-state index in [1.807, 2.05) is 6.07 Å². The summed E-state index contributed by atoms with van der Waals surface area (Å²) in [5, 5.41) is 4.70. The number of fused-ring (bicyclic) bond motifs is 1. The second-order valence-corrected chi connectivity index (χ2v) is 7.73. The minimum atomic E-state index is -4.41. The van der Waals surface area contributed by atoms with Gasteiger partial charge < -0.3 is 0 Å². The van der Waals surface area contributed by atoms with Crippen LogP contribution in [0, 0.1) is 0 Å². The minimum absolute atomic E-state index is 0.125. The maximum atomic E-state index is 13.1. The average molecular weight is 436 g/mol. The Morgan fingerprint density at radius 1 is 1.07 bits per heavy atom. The molecule has 0 aliphatic heterocycles. The molecule has 0 atom stereocenters. The highest BCUT2D eigenvalue weighted by Gasteiger charge is 2.32. The van der Waals surface area contributed by atoms with Crippen molar-refractivity contribution in [3.63, 3.8) is 0 Å². The molecule has 0 amide bonds. The number of aryl methyl sites for hydroxylation is 2. The monoisotopic (exact) mass is 435 g/mol. The molecule has 0 bridgehead atoms. The molecule has 0 saturated heterocycles. The molecule has 0 aliphatic rings. The van der Waals surface area contributed by atoms with Gasteiger partial charge in [-0.2, -0.15) is 17.7 Å². The van der Waals surface area contributed by atoms with Crippen molar-refractivity contribution in [1.82, 2.24) is 14.6 Å². The van der Waals surface area contributed by atoms with Crippen LogP contribution in [0.1, 0.15) is 22.5 Å². The molecule has 2 aromatic carbocycles. The van der Waals surface area contributed by atoms with Gasteiger partial charge in [0.15, 0.2) is 5.82 Å². The molecule has 148 valence electrons. The summed E-state index contributed by atoms with van der Waals surface area (Å²) in [6.07, 6.45) is -2.42. The average Bonchev–Trinajstić information content (AvgIpc) is 3.20. The number of hydrogen-bond donors (Lipinski definition) is 0. The smallest absolute Gasteiger partial charge is 0.266 e. The van der Waals surface area contributed by atoms with Crippen molar-refractivity contribution in [1.29, 1.82) is 0 Å². The number of rotatable bonds is 4. The molecule has 0 spiro atoms. The van der Waals surface area contributed by atoms with Crippen molar-refractivity contribution in [2.45, 2.75) is 19.0 Å². The zero-order valence-corrected chi connectivity index (χ0v) is 16.4. The van der Waals surface area contributed by atoms with Crippen molar-refractivity contribution in [2.75, 3.05) is 0 Å². The van der Waals surface area contributed by atoms with Gasteiger partial charge in [0, 0.05) is 11.4 Å². The van der Waals surface area contributed by atoms with Gasteiger partial charge in [0.1, 0.15) is 0 Å². The van der Waals surface area contributed by atoms with Gasteiger partial charge in [-0.25, -0.2) is 4.98 Å². The topological polar surface area (TPSA) is 47.3 Å². The molecule has 0 radical (unpaired) electrons. The third-order valence-corrected chi connectivity index (χ3v) is 5.66. The summed E-state index contributed by atoms with van der Waals surface area (Å²) in [5.74, 6) is 0.328. The first-order chi connectivity index (χ1) is 13.8. The van der Waals surface area contributed by atoms with E-state index in [4.69, 9.17) is 11.6 Å². The number of benzene rings is 2. The highest BCUT2D eigenvalue weighted by atomic mass is 35.5. The molecular weight excluding hydrogens is 423 g/mol. The van der Waals surface area contributed by atoms with Crippen LogP contribution in [0.25, 0.3) is 11.0 Å². The molecule has 0 aliphatic carbocycles. The standard InChI is InChI=1S/C20H13ClF3N3OS/c21-15-8-4-2-6-13(15)11-16-18(28)27-19(29-16)25-17(26-27)10-9-12-5-1-3-7-14(12)20(22,23)24/h1-8,11H,9-10H2/b16-11-. The molecule has 0 fully saturated rings. The second kappa shape index (κ2) is 7.61. The van der Waals surface area contributed by atoms with Crippen LogP contribution in [0.2, 0.25) is 5.02 Å². The van der Waals surface area contributed by atoms with E-state index >= 15 is 0 Å². The molecule has 0 saturated carbocycles. The molecule has 2 aromatic heterocycles. The van der Waals surface area contributed by atoms with Gasteiger partial charge in [-0.1, -0.05) is 59.3 Å². The lowest BCUT2D eigenvalue weighted by atomic mass is 10.0. The summed E-state index contributed by atoms with van der Waals surface area (Å²) in [6, 6.07) is 12.6. The number of aromatic nitrogens is 3. The van der Waals surface area contributed by atoms with Crippen molar-refractivity contribution in [3.8, 4) is 0 Å². The Hall–Kier alpha value is -2.71. The number of nitrogens with zero attached hydrogens (tertiary/aromatic N) is 3. The van der Waals surface area contributed by atoms with E-state index < -0.39 is 11.7 Å². The summed E-state index contributed by atoms with van der Waals surface area (Å²) < 4.78 is 40.9. The fourth-order valence-electron chi connectivity index (χ4n) is 2.97. The first-order valence-corrected chi connectivity index (χ1v) is 9.82. The van der Waals surface area contributed by atoms with Crippen LogP contribution in [0.5, 0.6) is 0 Å². The first-order valence-electron chi connectivity index (χ1n) is 8.63. The van der Waals surface area contributed by atoms with Crippen LogP contribution in [0.4, 0.5) is 13.2 Å². The van der Waals surface area contributed by atoms with Gasteiger partial charge in [0.2, 0.25) is 4.96 Å². The minimum Gasteiger partial charge on any atom is -0.266 e. The number of alkyl halides is 3. The summed E-state index contributed by atoms with van der Waals surface area (Å²) >= 11 is 7.28. The van der Waals surface area contributed by atoms with Crippen LogP contribution in [0.3, 0.4) is 0 Å². The lowest BCUT2D eigenvalue weighted by molar-refractivity contribution is -0.138. The Morgan fingerprint density at radius 2 is 1.79 bits per heavy atom. The van der Waals surface area contributed by atoms with E-state index in [1.165, 1.54) is 16.6 Å². The third-order valence-electron chi connectivity index (χ3n) is 4.36. The van der Waals surface area contributed by atoms with Crippen LogP contribution in [-0.2, 0) is 19.0 Å². The van der Waals surface area contributed by atoms with E-state index in [2.05, 4.69) is 10.1 Å². The van der Waals surface area contributed by atoms with Gasteiger partial charge >= 0.3 is 6.18 Å². The largest absolute Gasteiger partial charge is 0.416 e. The normalized spacial score (nSPS) is 12.8. The molecule has 2 heterocycles. The number of halogens is 4. The maximum Gasteiger partial charge on any atom is 0.416 e. The van der Waals surface area contributed by atoms with Crippen molar-refractivity contribution < 1.29 is 13.2 Å². The van der Waals surface area contributed by atoms with Crippen molar-refractivity contribution >= 4 is 34.0 Å². The zero-order valence-electron chi connectivity index (χ0n) is 14.8. The molecule has 9 heteroatoms. The van der Waals surface area contributed by atoms with Gasteiger partial charge in [0.05, 0.1) is 10.1 Å². The Morgan fingerprint density at radius 3 is 2.52 bits per heavy atom. The Kier molecular flexibility index (Phi) is 5.14. The van der Waals surface area contributed by atoms with Gasteiger partial charge in [-0.3, -0.25) is 4.79 Å². The molecule has 4 nitrogen and oxygen atoms in total. The predicted molar refractivity (Wildman–Crippen MR) is 106 cm³/mol. The van der Waals surface area contributed by atoms with E-state index in [0.717, 1.165) is 17.4 Å². The summed E-state index contributed by atoms with van der Waals surface area (Å²) in [6.45, 7) is 0. The summed E-state index contributed by atoms with van der Waals surface area (Å²) in [4.78, 5) is 17.3. The van der Waals surface area contributed by atoms with Crippen molar-refractivity contribution in [2.24, 2.45) is 0 Å². The van der Waals surface area contributed by atoms with Crippen LogP contribution in [-0.4, -0.2) is 14.6 Å². The lowest BCUT2D eigenvalue weighted by Crippen LogP contribution is -2.23. The molecular formula is C20H13ClF3N3OS. The second-order valence-electron chi connectivity index (χ2n) is 6.31. The molecule has 0 N–H and O–H groups in total. The fourth-order valence-corrected chi connectivity index (χ4v) is 4.08. The number of thiazole rings is 1. The zero-order chi connectivity index (χ0) is 20.6. The Labute approximate surface area is 171 Å². The lowest BCUT2D eigenvalue weighted by Gasteiger charge is -2.11. The molecule has 4 rings (SSSR count). The van der Waals surface area contributed by atoms with E-state index in [-0.39, 0.29) is 24.0 Å². The van der Waals surface area contributed by atoms with Crippen LogP contribution in [0.15, 0.2) is 53.3 Å². The van der Waals surface area contributed by atoms with Crippen LogP contribution >= 0.6 is 22.9 Å². The van der Waals surface area contributed by atoms with E-state index in [9.17, 15) is 18.0 Å². The maximum absolute atomic E-state index is 13.1. The first kappa shape index (κ1) is 19.6. The van der Waals surface area contributed by atoms with Crippen molar-refractivity contribution in [3.05, 3.63) is 91.0 Å². The third kappa shape index (κ3) is 4.04. The van der Waals surface area contributed by atoms with E-state index in [1.54, 1.807) is 30.3 Å². The highest BCUT2D eigenvalue weighted by Crippen LogP contribution is 2.32. The van der Waals surface area contributed by atoms with Gasteiger partial charge in [0.25, 0.3) is 5.56 Å². The summed E-state index contributed by atoms with van der Waals surface area (Å²) in [7, 11) is 0. The quantitative estimate of drug-likeness (QED) is 0.483. The molecule has 4 aromatic rings. The fraction of sp³-hybridized carbons (Fsp3) is 0.150. The van der Waals surface area contributed by atoms with Gasteiger partial charge in [-0.05, 0) is 35.8 Å². The summed E-state index contributed by atoms with van der Waals surface area (Å²) in [5.41, 5.74) is -0.116. The van der Waals surface area contributed by atoms with Gasteiger partial charge in [-0.15, -0.1) is 5.10 Å². The molecule has 29 heavy (non-hydrogen) atoms. The SMILES string of the molecule is O=c1/c(=C/c2ccccc2Cl)sc2nc(CCc3ccccc3C(F)(F)F)nn12. The van der Waals surface area contributed by atoms with E-state index in [0.29, 0.717) is 25.9 Å². The Bertz CT molecular complexity index is 1300. The Balaban J connectivity index is 1.61. The number of hydrogen-bond acceptors (Lipinski definition) is 4.